The van der Waals surface area contributed by atoms with E-state index in [0.717, 1.165) is 116 Å². The maximum Gasteiger partial charge on any atom is 0.306 e. The van der Waals surface area contributed by atoms with Crippen molar-refractivity contribution >= 4 is 17.9 Å². The van der Waals surface area contributed by atoms with Gasteiger partial charge in [-0.1, -0.05) is 291 Å². The molecule has 0 spiro atoms. The van der Waals surface area contributed by atoms with E-state index >= 15 is 0 Å². The van der Waals surface area contributed by atoms with E-state index in [4.69, 9.17) is 14.2 Å². The summed E-state index contributed by atoms with van der Waals surface area (Å²) in [5, 5.41) is 0. The molecule has 1 atom stereocenters. The van der Waals surface area contributed by atoms with Crippen molar-refractivity contribution in [3.8, 4) is 0 Å². The van der Waals surface area contributed by atoms with Gasteiger partial charge in [0.15, 0.2) is 6.10 Å². The van der Waals surface area contributed by atoms with Gasteiger partial charge in [-0.25, -0.2) is 0 Å². The van der Waals surface area contributed by atoms with Crippen molar-refractivity contribution in [2.75, 3.05) is 13.2 Å². The summed E-state index contributed by atoms with van der Waals surface area (Å²) in [5.74, 6) is -0.885. The van der Waals surface area contributed by atoms with Gasteiger partial charge in [0.05, 0.1) is 0 Å². The maximum atomic E-state index is 12.9. The van der Waals surface area contributed by atoms with Crippen LogP contribution in [0.25, 0.3) is 0 Å². The van der Waals surface area contributed by atoms with Gasteiger partial charge >= 0.3 is 17.9 Å². The summed E-state index contributed by atoms with van der Waals surface area (Å²) in [7, 11) is 0. The zero-order chi connectivity index (χ0) is 55.7. The second-order valence-corrected chi connectivity index (χ2v) is 21.6. The molecule has 0 radical (unpaired) electrons. The first-order valence-electron chi connectivity index (χ1n) is 32.7. The van der Waals surface area contributed by atoms with Gasteiger partial charge in [-0.15, -0.1) is 0 Å². The lowest BCUT2D eigenvalue weighted by molar-refractivity contribution is -0.167. The van der Waals surface area contributed by atoms with Crippen LogP contribution in [0.4, 0.5) is 0 Å². The van der Waals surface area contributed by atoms with Gasteiger partial charge in [0.2, 0.25) is 0 Å². The Morgan fingerprint density at radius 1 is 0.273 bits per heavy atom. The predicted molar refractivity (Wildman–Crippen MR) is 334 cm³/mol. The Bertz CT molecular complexity index is 1510. The monoisotopic (exact) mass is 1070 g/mol. The van der Waals surface area contributed by atoms with Crippen molar-refractivity contribution in [3.63, 3.8) is 0 Å². The first-order chi connectivity index (χ1) is 38.0. The normalized spacial score (nSPS) is 12.7. The molecule has 0 fully saturated rings. The molecule has 6 nitrogen and oxygen atoms in total. The molecular formula is C71H122O6. The van der Waals surface area contributed by atoms with Crippen LogP contribution in [0.15, 0.2) is 97.2 Å². The number of hydrogen-bond acceptors (Lipinski definition) is 6. The van der Waals surface area contributed by atoms with Crippen molar-refractivity contribution in [3.05, 3.63) is 97.2 Å². The number of rotatable bonds is 59. The van der Waals surface area contributed by atoms with Crippen LogP contribution in [0.1, 0.15) is 316 Å². The highest BCUT2D eigenvalue weighted by atomic mass is 16.6. The van der Waals surface area contributed by atoms with Gasteiger partial charge in [-0.05, 0) is 103 Å². The van der Waals surface area contributed by atoms with E-state index in [1.54, 1.807) is 0 Å². The fourth-order valence-corrected chi connectivity index (χ4v) is 9.18. The van der Waals surface area contributed by atoms with Crippen LogP contribution < -0.4 is 0 Å². The van der Waals surface area contributed by atoms with E-state index in [-0.39, 0.29) is 31.1 Å². The van der Waals surface area contributed by atoms with E-state index in [2.05, 4.69) is 118 Å². The fraction of sp³-hybridized carbons (Fsp3) is 0.732. The Morgan fingerprint density at radius 3 is 0.805 bits per heavy atom. The molecule has 442 valence electrons. The molecule has 0 saturated carbocycles. The van der Waals surface area contributed by atoms with Gasteiger partial charge in [0, 0.05) is 19.3 Å². The lowest BCUT2D eigenvalue weighted by atomic mass is 10.0. The topological polar surface area (TPSA) is 78.9 Å². The SMILES string of the molecule is CC/C=C\C/C=C\C/C=C\C/C=C\C/C=C\C/C=C\CCCCCCCCCCC(=O)OCC(COC(=O)CCCCCCCCCCCCCCCC)OC(=O)CCCCCCCCC/C=C\C/C=C\CCCCCC. The maximum absolute atomic E-state index is 12.9. The van der Waals surface area contributed by atoms with Crippen molar-refractivity contribution < 1.29 is 28.6 Å². The Hall–Kier alpha value is -3.67. The molecule has 6 heteroatoms. The summed E-state index contributed by atoms with van der Waals surface area (Å²) < 4.78 is 16.9. The van der Waals surface area contributed by atoms with Crippen LogP contribution in [0.2, 0.25) is 0 Å². The predicted octanol–water partition coefficient (Wildman–Crippen LogP) is 22.4. The van der Waals surface area contributed by atoms with Crippen LogP contribution in [0, 0.1) is 0 Å². The molecule has 1 unspecified atom stereocenters. The van der Waals surface area contributed by atoms with E-state index in [9.17, 15) is 14.4 Å². The minimum Gasteiger partial charge on any atom is -0.462 e. The third-order valence-electron chi connectivity index (χ3n) is 14.1. The lowest BCUT2D eigenvalue weighted by Crippen LogP contribution is -2.30. The average molecular weight is 1070 g/mol. The average Bonchev–Trinajstić information content (AvgIpc) is 3.43. The minimum atomic E-state index is -0.785. The summed E-state index contributed by atoms with van der Waals surface area (Å²) in [6.45, 7) is 6.53. The largest absolute Gasteiger partial charge is 0.462 e. The summed E-state index contributed by atoms with van der Waals surface area (Å²) in [6, 6.07) is 0. The van der Waals surface area contributed by atoms with Crippen LogP contribution >= 0.6 is 0 Å². The van der Waals surface area contributed by atoms with Crippen molar-refractivity contribution in [2.45, 2.75) is 322 Å². The summed E-state index contributed by atoms with van der Waals surface area (Å²) in [5.41, 5.74) is 0. The molecule has 0 aromatic rings. The molecular weight excluding hydrogens is 949 g/mol. The fourth-order valence-electron chi connectivity index (χ4n) is 9.18. The zero-order valence-corrected chi connectivity index (χ0v) is 50.7. The van der Waals surface area contributed by atoms with Gasteiger partial charge in [0.25, 0.3) is 0 Å². The molecule has 0 amide bonds. The molecule has 0 rings (SSSR count). The minimum absolute atomic E-state index is 0.0805. The van der Waals surface area contributed by atoms with Crippen LogP contribution in [0.3, 0.4) is 0 Å². The molecule has 0 saturated heterocycles. The molecule has 0 aliphatic rings. The second-order valence-electron chi connectivity index (χ2n) is 21.6. The van der Waals surface area contributed by atoms with Gasteiger partial charge in [-0.2, -0.15) is 0 Å². The number of hydrogen-bond donors (Lipinski definition) is 0. The third kappa shape index (κ3) is 63.0. The standard InChI is InChI=1S/C71H122O6/c1-4-7-10-13-16-19-22-25-28-30-32-33-34-35-36-37-38-39-40-42-43-46-49-52-55-58-61-64-70(73)76-67-68(66-75-69(72)63-60-57-54-51-48-45-27-24-21-18-15-12-9-6-3)77-71(74)65-62-59-56-53-50-47-44-41-31-29-26-23-20-17-14-11-8-5-2/h7,10,16,19-20,23,25,28-29,31-33,35-36,38-39,68H,4-6,8-9,11-15,17-18,21-22,24,26-27,30,34,37,40-67H2,1-3H3/b10-7-,19-16-,23-20-,28-25-,31-29-,33-32-,36-35-,39-38-. The van der Waals surface area contributed by atoms with Gasteiger partial charge < -0.3 is 14.2 Å². The number of carbonyl (C=O) groups excluding carboxylic acids is 3. The lowest BCUT2D eigenvalue weighted by Gasteiger charge is -2.18. The van der Waals surface area contributed by atoms with Gasteiger partial charge in [-0.3, -0.25) is 14.4 Å². The smallest absolute Gasteiger partial charge is 0.306 e. The molecule has 0 aromatic carbocycles. The molecule has 0 aliphatic heterocycles. The van der Waals surface area contributed by atoms with E-state index in [1.165, 1.54) is 161 Å². The van der Waals surface area contributed by atoms with Crippen LogP contribution in [0.5, 0.6) is 0 Å². The Kier molecular flexibility index (Phi) is 61.8. The summed E-state index contributed by atoms with van der Waals surface area (Å²) in [6.07, 6.45) is 86.9. The molecule has 0 N–H and O–H groups in total. The summed E-state index contributed by atoms with van der Waals surface area (Å²) in [4.78, 5) is 38.3. The Labute approximate surface area is 477 Å². The Morgan fingerprint density at radius 2 is 0.506 bits per heavy atom. The summed E-state index contributed by atoms with van der Waals surface area (Å²) >= 11 is 0. The molecule has 0 heterocycles. The highest BCUT2D eigenvalue weighted by molar-refractivity contribution is 5.71. The van der Waals surface area contributed by atoms with Crippen LogP contribution in [-0.2, 0) is 28.6 Å². The van der Waals surface area contributed by atoms with E-state index in [1.807, 2.05) is 0 Å². The zero-order valence-electron chi connectivity index (χ0n) is 50.7. The van der Waals surface area contributed by atoms with Crippen molar-refractivity contribution in [2.24, 2.45) is 0 Å². The highest BCUT2D eigenvalue weighted by Crippen LogP contribution is 2.16. The van der Waals surface area contributed by atoms with Crippen molar-refractivity contribution in [1.29, 1.82) is 0 Å². The van der Waals surface area contributed by atoms with Crippen LogP contribution in [-0.4, -0.2) is 37.2 Å². The number of ether oxygens (including phenoxy) is 3. The first-order valence-corrected chi connectivity index (χ1v) is 32.7. The third-order valence-corrected chi connectivity index (χ3v) is 14.1. The molecule has 0 aliphatic carbocycles. The van der Waals surface area contributed by atoms with Gasteiger partial charge in [0.1, 0.15) is 13.2 Å². The van der Waals surface area contributed by atoms with E-state index < -0.39 is 6.10 Å². The van der Waals surface area contributed by atoms with Crippen molar-refractivity contribution in [1.82, 2.24) is 0 Å². The second kappa shape index (κ2) is 64.9. The number of unbranched alkanes of at least 4 members (excludes halogenated alkanes) is 32. The number of allylic oxidation sites excluding steroid dienone is 16. The number of carbonyl (C=O) groups is 3. The molecule has 0 aromatic heterocycles. The van der Waals surface area contributed by atoms with E-state index in [0.29, 0.717) is 19.3 Å². The Balaban J connectivity index is 4.35. The molecule has 77 heavy (non-hydrogen) atoms. The quantitative estimate of drug-likeness (QED) is 0.0261. The molecule has 0 bridgehead atoms. The number of esters is 3. The highest BCUT2D eigenvalue weighted by Gasteiger charge is 2.19. The first kappa shape index (κ1) is 73.3.